The van der Waals surface area contributed by atoms with E-state index >= 15 is 0 Å². The van der Waals surface area contributed by atoms with Gasteiger partial charge in [-0.05, 0) is 62.5 Å². The van der Waals surface area contributed by atoms with Crippen LogP contribution in [0.4, 0.5) is 5.69 Å². The van der Waals surface area contributed by atoms with Gasteiger partial charge in [-0.25, -0.2) is 0 Å². The minimum Gasteiger partial charge on any atom is -0.493 e. The van der Waals surface area contributed by atoms with Crippen molar-refractivity contribution in [2.45, 2.75) is 20.0 Å². The average Bonchev–Trinajstić information content (AvgIpc) is 2.61. The van der Waals surface area contributed by atoms with Gasteiger partial charge in [0.15, 0.2) is 16.6 Å². The van der Waals surface area contributed by atoms with Crippen molar-refractivity contribution in [3.63, 3.8) is 0 Å². The molecule has 0 fully saturated rings. The Morgan fingerprint density at radius 1 is 1.00 bits per heavy atom. The van der Waals surface area contributed by atoms with Crippen molar-refractivity contribution in [1.82, 2.24) is 5.32 Å². The fourth-order valence-electron chi connectivity index (χ4n) is 2.21. The molecule has 0 aliphatic rings. The Hall–Kier alpha value is -2.80. The van der Waals surface area contributed by atoms with E-state index in [1.165, 1.54) is 0 Å². The van der Waals surface area contributed by atoms with Crippen molar-refractivity contribution in [1.29, 1.82) is 0 Å². The van der Waals surface area contributed by atoms with Gasteiger partial charge in [0, 0.05) is 17.3 Å². The highest BCUT2D eigenvalue weighted by Crippen LogP contribution is 2.29. The number of benzene rings is 2. The molecular weight excluding hydrogens is 352 g/mol. The topological polar surface area (TPSA) is 68.8 Å². The van der Waals surface area contributed by atoms with Crippen LogP contribution in [0, 0.1) is 0 Å². The molecule has 6 nitrogen and oxygen atoms in total. The van der Waals surface area contributed by atoms with Crippen LogP contribution < -0.4 is 24.8 Å². The summed E-state index contributed by atoms with van der Waals surface area (Å²) in [6.45, 7) is 3.89. The van der Waals surface area contributed by atoms with Gasteiger partial charge < -0.3 is 19.5 Å². The van der Waals surface area contributed by atoms with Crippen LogP contribution in [-0.4, -0.2) is 31.3 Å². The predicted molar refractivity (Wildman–Crippen MR) is 105 cm³/mol. The molecule has 2 N–H and O–H groups in total. The maximum atomic E-state index is 12.3. The standard InChI is InChI=1S/C19H22N2O4S/c1-12(2)25-15-8-5-13(6-9-15)18(22)21-19(26)20-14-7-10-16(23-3)17(11-14)24-4/h5-12H,1-4H3,(H2,20,21,22,26). The van der Waals surface area contributed by atoms with Gasteiger partial charge in [0.2, 0.25) is 0 Å². The first-order chi connectivity index (χ1) is 12.4. The molecule has 0 saturated carbocycles. The summed E-state index contributed by atoms with van der Waals surface area (Å²) in [6.07, 6.45) is 0.0768. The summed E-state index contributed by atoms with van der Waals surface area (Å²) in [4.78, 5) is 12.3. The molecule has 0 radical (unpaired) electrons. The molecule has 0 unspecified atom stereocenters. The van der Waals surface area contributed by atoms with Crippen LogP contribution >= 0.6 is 12.2 Å². The Balaban J connectivity index is 1.97. The number of rotatable bonds is 6. The van der Waals surface area contributed by atoms with Gasteiger partial charge in [0.1, 0.15) is 5.75 Å². The number of anilines is 1. The highest BCUT2D eigenvalue weighted by Gasteiger charge is 2.10. The van der Waals surface area contributed by atoms with Crippen LogP contribution in [0.1, 0.15) is 24.2 Å². The van der Waals surface area contributed by atoms with Gasteiger partial charge in [0.25, 0.3) is 5.91 Å². The fourth-order valence-corrected chi connectivity index (χ4v) is 2.42. The van der Waals surface area contributed by atoms with E-state index in [0.29, 0.717) is 28.5 Å². The maximum Gasteiger partial charge on any atom is 0.257 e. The molecule has 2 aromatic rings. The lowest BCUT2D eigenvalue weighted by atomic mass is 10.2. The molecular formula is C19H22N2O4S. The molecule has 1 amide bonds. The molecule has 0 aliphatic carbocycles. The summed E-state index contributed by atoms with van der Waals surface area (Å²) in [5.41, 5.74) is 1.16. The Morgan fingerprint density at radius 2 is 1.65 bits per heavy atom. The summed E-state index contributed by atoms with van der Waals surface area (Å²) in [7, 11) is 3.11. The summed E-state index contributed by atoms with van der Waals surface area (Å²) >= 11 is 5.20. The lowest BCUT2D eigenvalue weighted by Crippen LogP contribution is -2.34. The second-order valence-electron chi connectivity index (χ2n) is 5.67. The first-order valence-electron chi connectivity index (χ1n) is 8.04. The number of hydrogen-bond donors (Lipinski definition) is 2. The quantitative estimate of drug-likeness (QED) is 0.753. The molecule has 0 aliphatic heterocycles. The number of ether oxygens (including phenoxy) is 3. The summed E-state index contributed by atoms with van der Waals surface area (Å²) in [5, 5.41) is 5.77. The van der Waals surface area contributed by atoms with Crippen LogP contribution in [-0.2, 0) is 0 Å². The van der Waals surface area contributed by atoms with Gasteiger partial charge in [-0.3, -0.25) is 10.1 Å². The van der Waals surface area contributed by atoms with Gasteiger partial charge in [-0.2, -0.15) is 0 Å². The molecule has 26 heavy (non-hydrogen) atoms. The van der Waals surface area contributed by atoms with Gasteiger partial charge in [-0.1, -0.05) is 0 Å². The van der Waals surface area contributed by atoms with Crippen molar-refractivity contribution in [2.75, 3.05) is 19.5 Å². The smallest absolute Gasteiger partial charge is 0.257 e. The average molecular weight is 374 g/mol. The number of methoxy groups -OCH3 is 2. The lowest BCUT2D eigenvalue weighted by Gasteiger charge is -2.13. The van der Waals surface area contributed by atoms with E-state index in [4.69, 9.17) is 26.4 Å². The molecule has 7 heteroatoms. The monoisotopic (exact) mass is 374 g/mol. The van der Waals surface area contributed by atoms with Gasteiger partial charge >= 0.3 is 0 Å². The van der Waals surface area contributed by atoms with Crippen LogP contribution in [0.5, 0.6) is 17.2 Å². The highest BCUT2D eigenvalue weighted by molar-refractivity contribution is 7.80. The maximum absolute atomic E-state index is 12.3. The zero-order valence-electron chi connectivity index (χ0n) is 15.2. The molecule has 2 aromatic carbocycles. The van der Waals surface area contributed by atoms with E-state index in [9.17, 15) is 4.79 Å². The Morgan fingerprint density at radius 3 is 2.23 bits per heavy atom. The normalized spacial score (nSPS) is 10.2. The Labute approximate surface area is 158 Å². The SMILES string of the molecule is COc1ccc(NC(=S)NC(=O)c2ccc(OC(C)C)cc2)cc1OC. The van der Waals surface area contributed by atoms with E-state index in [1.807, 2.05) is 13.8 Å². The van der Waals surface area contributed by atoms with Crippen molar-refractivity contribution < 1.29 is 19.0 Å². The van der Waals surface area contributed by atoms with Crippen molar-refractivity contribution >= 4 is 28.9 Å². The number of amides is 1. The summed E-state index contributed by atoms with van der Waals surface area (Å²) < 4.78 is 16.0. The number of carbonyl (C=O) groups is 1. The van der Waals surface area contributed by atoms with Crippen molar-refractivity contribution in [3.05, 3.63) is 48.0 Å². The minimum absolute atomic E-state index is 0.0768. The molecule has 0 aromatic heterocycles. The zero-order chi connectivity index (χ0) is 19.1. The zero-order valence-corrected chi connectivity index (χ0v) is 16.0. The van der Waals surface area contributed by atoms with Crippen LogP contribution in [0.15, 0.2) is 42.5 Å². The lowest BCUT2D eigenvalue weighted by molar-refractivity contribution is 0.0977. The van der Waals surface area contributed by atoms with E-state index in [-0.39, 0.29) is 17.1 Å². The molecule has 0 heterocycles. The number of carbonyl (C=O) groups excluding carboxylic acids is 1. The first-order valence-corrected chi connectivity index (χ1v) is 8.45. The fraction of sp³-hybridized carbons (Fsp3) is 0.263. The number of hydrogen-bond acceptors (Lipinski definition) is 5. The minimum atomic E-state index is -0.306. The third kappa shape index (κ3) is 5.35. The van der Waals surface area contributed by atoms with Crippen LogP contribution in [0.2, 0.25) is 0 Å². The third-order valence-electron chi connectivity index (χ3n) is 3.36. The van der Waals surface area contributed by atoms with Gasteiger partial charge in [0.05, 0.1) is 20.3 Å². The summed E-state index contributed by atoms with van der Waals surface area (Å²) in [5.74, 6) is 1.57. The number of thiocarbonyl (C=S) groups is 1. The van der Waals surface area contributed by atoms with Crippen molar-refractivity contribution in [2.24, 2.45) is 0 Å². The van der Waals surface area contributed by atoms with E-state index in [2.05, 4.69) is 10.6 Å². The predicted octanol–water partition coefficient (Wildman–Crippen LogP) is 3.62. The second-order valence-corrected chi connectivity index (χ2v) is 6.08. The Bertz CT molecular complexity index is 776. The highest BCUT2D eigenvalue weighted by atomic mass is 32.1. The molecule has 0 bridgehead atoms. The van der Waals surface area contributed by atoms with E-state index in [1.54, 1.807) is 56.7 Å². The summed E-state index contributed by atoms with van der Waals surface area (Å²) in [6, 6.07) is 12.1. The number of nitrogens with one attached hydrogen (secondary N) is 2. The molecule has 2 rings (SSSR count). The van der Waals surface area contributed by atoms with Crippen molar-refractivity contribution in [3.8, 4) is 17.2 Å². The van der Waals surface area contributed by atoms with Crippen LogP contribution in [0.25, 0.3) is 0 Å². The van der Waals surface area contributed by atoms with E-state index < -0.39 is 0 Å². The Kier molecular flexibility index (Phi) is 6.80. The third-order valence-corrected chi connectivity index (χ3v) is 3.56. The van der Waals surface area contributed by atoms with Crippen LogP contribution in [0.3, 0.4) is 0 Å². The first kappa shape index (κ1) is 19.5. The van der Waals surface area contributed by atoms with E-state index in [0.717, 1.165) is 0 Å². The second kappa shape index (κ2) is 9.05. The molecule has 0 saturated heterocycles. The molecule has 0 spiro atoms. The molecule has 0 atom stereocenters. The molecule has 138 valence electrons. The van der Waals surface area contributed by atoms with Gasteiger partial charge in [-0.15, -0.1) is 0 Å². The largest absolute Gasteiger partial charge is 0.493 e.